The van der Waals surface area contributed by atoms with Crippen LogP contribution in [0.3, 0.4) is 0 Å². The van der Waals surface area contributed by atoms with Gasteiger partial charge in [0.2, 0.25) is 0 Å². The van der Waals surface area contributed by atoms with Crippen LogP contribution in [0.5, 0.6) is 0 Å². The molecular weight excluding hydrogens is 254 g/mol. The van der Waals surface area contributed by atoms with Crippen molar-refractivity contribution < 1.29 is 4.11 Å². The molecule has 1 aromatic heterocycles. The summed E-state index contributed by atoms with van der Waals surface area (Å²) in [5.41, 5.74) is -0.341. The van der Waals surface area contributed by atoms with E-state index in [0.29, 0.717) is 6.54 Å². The number of piperidine rings is 1. The van der Waals surface area contributed by atoms with Crippen LogP contribution >= 0.6 is 15.9 Å². The van der Waals surface area contributed by atoms with E-state index in [2.05, 4.69) is 21.0 Å². The summed E-state index contributed by atoms with van der Waals surface area (Å²) in [5, 5.41) is 4.30. The lowest BCUT2D eigenvalue weighted by atomic mass is 9.88. The van der Waals surface area contributed by atoms with Gasteiger partial charge in [-0.25, -0.2) is 0 Å². The van der Waals surface area contributed by atoms with Crippen LogP contribution in [0.4, 0.5) is 0 Å². The zero-order chi connectivity index (χ0) is 13.6. The number of hydrogen-bond acceptors (Lipinski definition) is 2. The van der Waals surface area contributed by atoms with Gasteiger partial charge in [0.15, 0.2) is 0 Å². The normalized spacial score (nSPS) is 30.6. The highest BCUT2D eigenvalue weighted by Crippen LogP contribution is 2.33. The molecule has 1 aliphatic heterocycles. The fourth-order valence-corrected chi connectivity index (χ4v) is 2.41. The van der Waals surface area contributed by atoms with E-state index in [4.69, 9.17) is 4.11 Å². The first-order valence-corrected chi connectivity index (χ1v) is 5.97. The number of halogens is 1. The molecule has 0 spiro atoms. The molecule has 2 rings (SSSR count). The Morgan fingerprint density at radius 3 is 3.00 bits per heavy atom. The summed E-state index contributed by atoms with van der Waals surface area (Å²) in [7, 11) is 0. The largest absolute Gasteiger partial charge is 0.301 e. The first-order chi connectivity index (χ1) is 8.20. The number of nitrogens with zero attached hydrogens (tertiary/aromatic N) is 3. The first-order valence-electron chi connectivity index (χ1n) is 6.67. The minimum Gasteiger partial charge on any atom is -0.301 e. The van der Waals surface area contributed by atoms with Crippen molar-refractivity contribution in [3.63, 3.8) is 0 Å². The topological polar surface area (TPSA) is 21.1 Å². The highest BCUT2D eigenvalue weighted by molar-refractivity contribution is 9.10. The number of rotatable bonds is 1. The van der Waals surface area contributed by atoms with Crippen LogP contribution in [-0.4, -0.2) is 33.7 Å². The Balaban J connectivity index is 2.15. The van der Waals surface area contributed by atoms with E-state index in [0.717, 1.165) is 17.3 Å². The van der Waals surface area contributed by atoms with Gasteiger partial charge in [0.05, 0.1) is 16.7 Å². The van der Waals surface area contributed by atoms with E-state index in [1.165, 1.54) is 0 Å². The lowest BCUT2D eigenvalue weighted by molar-refractivity contribution is 0.0718. The Labute approximate surface area is 104 Å². The molecule has 0 N–H and O–H groups in total. The van der Waals surface area contributed by atoms with Crippen molar-refractivity contribution in [3.05, 3.63) is 16.9 Å². The molecule has 3 nitrogen and oxygen atoms in total. The van der Waals surface area contributed by atoms with Crippen molar-refractivity contribution in [1.82, 2.24) is 14.7 Å². The summed E-state index contributed by atoms with van der Waals surface area (Å²) < 4.78 is 25.6. The molecule has 2 heterocycles. The number of hydrogen-bond donors (Lipinski definition) is 0. The van der Waals surface area contributed by atoms with Crippen molar-refractivity contribution in [3.8, 4) is 0 Å². The Hall–Kier alpha value is -0.350. The first kappa shape index (κ1) is 7.85. The molecule has 0 saturated carbocycles. The van der Waals surface area contributed by atoms with E-state index >= 15 is 0 Å². The van der Waals surface area contributed by atoms with Crippen LogP contribution in [0.15, 0.2) is 16.9 Å². The second kappa shape index (κ2) is 3.91. The smallest absolute Gasteiger partial charge is 0.0632 e. The average molecular weight is 275 g/mol. The molecule has 0 aromatic carbocycles. The van der Waals surface area contributed by atoms with Crippen LogP contribution in [0.1, 0.15) is 36.8 Å². The van der Waals surface area contributed by atoms with Gasteiger partial charge in [0.1, 0.15) is 0 Å². The van der Waals surface area contributed by atoms with Crippen molar-refractivity contribution in [2.45, 2.75) is 38.3 Å². The van der Waals surface area contributed by atoms with Gasteiger partial charge in [-0.3, -0.25) is 4.68 Å². The molecule has 0 amide bonds. The fourth-order valence-electron chi connectivity index (χ4n) is 2.11. The van der Waals surface area contributed by atoms with Crippen LogP contribution < -0.4 is 0 Å². The summed E-state index contributed by atoms with van der Waals surface area (Å²) in [6.07, 6.45) is 5.32. The third-order valence-electron chi connectivity index (χ3n) is 3.10. The zero-order valence-corrected chi connectivity index (χ0v) is 10.7. The molecular formula is C11H18BrN3. The van der Waals surface area contributed by atoms with Gasteiger partial charge < -0.3 is 4.90 Å². The standard InChI is InChI=1S/C11H18BrN3/c1-11(2)6-10(4-5-14(11)3)15-8-9(12)7-13-15/h7-8,10H,4-6H2,1-3H3/i3D3. The quantitative estimate of drug-likeness (QED) is 0.785. The maximum absolute atomic E-state index is 7.59. The van der Waals surface area contributed by atoms with Crippen LogP contribution in [-0.2, 0) is 0 Å². The van der Waals surface area contributed by atoms with Crippen LogP contribution in [0.2, 0.25) is 0 Å². The molecule has 1 unspecified atom stereocenters. The van der Waals surface area contributed by atoms with Gasteiger partial charge in [-0.2, -0.15) is 5.10 Å². The fraction of sp³-hybridized carbons (Fsp3) is 0.727. The molecule has 1 saturated heterocycles. The average Bonchev–Trinajstić information content (AvgIpc) is 2.61. The molecule has 1 aromatic rings. The van der Waals surface area contributed by atoms with Crippen molar-refractivity contribution >= 4 is 15.9 Å². The molecule has 0 bridgehead atoms. The molecule has 1 fully saturated rings. The van der Waals surface area contributed by atoms with Gasteiger partial charge in [-0.15, -0.1) is 0 Å². The van der Waals surface area contributed by atoms with E-state index in [1.54, 1.807) is 11.1 Å². The Bertz CT molecular complexity index is 427. The predicted molar refractivity (Wildman–Crippen MR) is 64.9 cm³/mol. The van der Waals surface area contributed by atoms with Gasteiger partial charge in [-0.05, 0) is 49.6 Å². The van der Waals surface area contributed by atoms with Crippen LogP contribution in [0.25, 0.3) is 0 Å². The maximum Gasteiger partial charge on any atom is 0.0632 e. The predicted octanol–water partition coefficient (Wildman–Crippen LogP) is 2.69. The second-order valence-electron chi connectivity index (χ2n) is 4.75. The van der Waals surface area contributed by atoms with E-state index in [-0.39, 0.29) is 11.6 Å². The summed E-state index contributed by atoms with van der Waals surface area (Å²) >= 11 is 3.39. The van der Waals surface area contributed by atoms with Gasteiger partial charge in [0.25, 0.3) is 0 Å². The Morgan fingerprint density at radius 1 is 1.67 bits per heavy atom. The third kappa shape index (κ3) is 2.26. The molecule has 1 aliphatic rings. The third-order valence-corrected chi connectivity index (χ3v) is 3.51. The summed E-state index contributed by atoms with van der Waals surface area (Å²) in [6, 6.07) is 0.268. The SMILES string of the molecule is [2H]C([2H])([2H])N1CCC(n2cc(Br)cn2)CC1(C)C. The summed E-state index contributed by atoms with van der Waals surface area (Å²) in [4.78, 5) is 1.62. The lowest BCUT2D eigenvalue weighted by Gasteiger charge is -2.43. The monoisotopic (exact) mass is 274 g/mol. The second-order valence-corrected chi connectivity index (χ2v) is 5.66. The van der Waals surface area contributed by atoms with Gasteiger partial charge in [0, 0.05) is 22.4 Å². The highest BCUT2D eigenvalue weighted by Gasteiger charge is 2.33. The molecule has 84 valence electrons. The van der Waals surface area contributed by atoms with Crippen molar-refractivity contribution in [2.24, 2.45) is 0 Å². The summed E-state index contributed by atoms with van der Waals surface area (Å²) in [6.45, 7) is 2.54. The van der Waals surface area contributed by atoms with Crippen molar-refractivity contribution in [1.29, 1.82) is 0 Å². The molecule has 4 heteroatoms. The van der Waals surface area contributed by atoms with Gasteiger partial charge >= 0.3 is 0 Å². The van der Waals surface area contributed by atoms with Gasteiger partial charge in [-0.1, -0.05) is 0 Å². The minimum absolute atomic E-state index is 0.268. The Morgan fingerprint density at radius 2 is 2.47 bits per heavy atom. The van der Waals surface area contributed by atoms with E-state index in [9.17, 15) is 0 Å². The molecule has 1 atom stereocenters. The molecule has 0 aliphatic carbocycles. The van der Waals surface area contributed by atoms with Crippen LogP contribution in [0, 0.1) is 0 Å². The van der Waals surface area contributed by atoms with E-state index < -0.39 is 6.98 Å². The maximum atomic E-state index is 7.59. The van der Waals surface area contributed by atoms with Crippen molar-refractivity contribution in [2.75, 3.05) is 13.5 Å². The molecule has 0 radical (unpaired) electrons. The number of likely N-dealkylation sites (tertiary alicyclic amines) is 1. The van der Waals surface area contributed by atoms with E-state index in [1.807, 2.05) is 24.7 Å². The zero-order valence-electron chi connectivity index (χ0n) is 12.1. The summed E-state index contributed by atoms with van der Waals surface area (Å²) in [5.74, 6) is 0. The minimum atomic E-state index is -2.01. The lowest BCUT2D eigenvalue weighted by Crippen LogP contribution is -2.47. The number of aromatic nitrogens is 2. The molecule has 15 heavy (non-hydrogen) atoms. The Kier molecular flexibility index (Phi) is 2.04. The highest BCUT2D eigenvalue weighted by atomic mass is 79.9.